The van der Waals surface area contributed by atoms with Gasteiger partial charge in [-0.2, -0.15) is 13.2 Å². The SMILES string of the molecule is O=C(OCC(=O)N1CCCCCCC1)C1CCN(c2ccc(C(F)(F)F)cc2[N+](=O)[O-])CC1. The van der Waals surface area contributed by atoms with E-state index in [9.17, 15) is 32.9 Å². The summed E-state index contributed by atoms with van der Waals surface area (Å²) in [5.74, 6) is -1.16. The van der Waals surface area contributed by atoms with Crippen LogP contribution in [0.3, 0.4) is 0 Å². The van der Waals surface area contributed by atoms with Gasteiger partial charge in [-0.1, -0.05) is 19.3 Å². The lowest BCUT2D eigenvalue weighted by molar-refractivity contribution is -0.384. The van der Waals surface area contributed by atoms with Gasteiger partial charge in [0.1, 0.15) is 5.69 Å². The zero-order valence-corrected chi connectivity index (χ0v) is 18.3. The number of nitro groups is 1. The molecule has 0 saturated carbocycles. The van der Waals surface area contributed by atoms with Crippen molar-refractivity contribution >= 4 is 23.3 Å². The molecule has 0 atom stereocenters. The summed E-state index contributed by atoms with van der Waals surface area (Å²) >= 11 is 0. The Morgan fingerprint density at radius 3 is 2.21 bits per heavy atom. The topological polar surface area (TPSA) is 93.0 Å². The lowest BCUT2D eigenvalue weighted by atomic mass is 9.96. The van der Waals surface area contributed by atoms with Crippen molar-refractivity contribution in [2.75, 3.05) is 37.7 Å². The first kappa shape index (κ1) is 24.8. The highest BCUT2D eigenvalue weighted by atomic mass is 19.4. The number of nitrogens with zero attached hydrogens (tertiary/aromatic N) is 3. The third-order valence-corrected chi connectivity index (χ3v) is 6.22. The van der Waals surface area contributed by atoms with Crippen LogP contribution in [0.25, 0.3) is 0 Å². The van der Waals surface area contributed by atoms with E-state index in [1.807, 2.05) is 0 Å². The van der Waals surface area contributed by atoms with Crippen molar-refractivity contribution in [2.45, 2.75) is 51.1 Å². The first-order chi connectivity index (χ1) is 15.7. The number of hydrogen-bond donors (Lipinski definition) is 0. The number of halogens is 3. The highest BCUT2D eigenvalue weighted by Crippen LogP contribution is 2.37. The van der Waals surface area contributed by atoms with Crippen LogP contribution in [0.15, 0.2) is 18.2 Å². The van der Waals surface area contributed by atoms with E-state index in [1.54, 1.807) is 9.80 Å². The van der Waals surface area contributed by atoms with Crippen molar-refractivity contribution < 1.29 is 32.4 Å². The predicted molar refractivity (Wildman–Crippen MR) is 114 cm³/mol. The van der Waals surface area contributed by atoms with Gasteiger partial charge in [0.25, 0.3) is 11.6 Å². The molecule has 1 aromatic rings. The first-order valence-corrected chi connectivity index (χ1v) is 11.2. The van der Waals surface area contributed by atoms with Crippen LogP contribution in [0, 0.1) is 16.0 Å². The Morgan fingerprint density at radius 2 is 1.64 bits per heavy atom. The summed E-state index contributed by atoms with van der Waals surface area (Å²) in [4.78, 5) is 38.7. The van der Waals surface area contributed by atoms with E-state index < -0.39 is 34.2 Å². The van der Waals surface area contributed by atoms with E-state index in [2.05, 4.69) is 0 Å². The van der Waals surface area contributed by atoms with Crippen molar-refractivity contribution in [2.24, 2.45) is 5.92 Å². The smallest absolute Gasteiger partial charge is 0.416 e. The van der Waals surface area contributed by atoms with Crippen LogP contribution < -0.4 is 4.90 Å². The molecule has 2 saturated heterocycles. The average Bonchev–Trinajstić information content (AvgIpc) is 2.76. The lowest BCUT2D eigenvalue weighted by Gasteiger charge is -2.32. The number of hydrogen-bond acceptors (Lipinski definition) is 6. The normalized spacial score (nSPS) is 18.4. The number of esters is 1. The van der Waals surface area contributed by atoms with E-state index in [0.29, 0.717) is 32.0 Å². The minimum atomic E-state index is -4.68. The average molecular weight is 471 g/mol. The van der Waals surface area contributed by atoms with Gasteiger partial charge >= 0.3 is 12.1 Å². The molecule has 2 aliphatic rings. The molecule has 0 bridgehead atoms. The van der Waals surface area contributed by atoms with E-state index in [0.717, 1.165) is 37.8 Å². The van der Waals surface area contributed by atoms with Gasteiger partial charge < -0.3 is 14.5 Å². The van der Waals surface area contributed by atoms with Crippen molar-refractivity contribution in [1.82, 2.24) is 4.90 Å². The Bertz CT molecular complexity index is 861. The van der Waals surface area contributed by atoms with E-state index in [4.69, 9.17) is 4.74 Å². The molecule has 8 nitrogen and oxygen atoms in total. The fourth-order valence-corrected chi connectivity index (χ4v) is 4.31. The molecule has 1 aromatic carbocycles. The van der Waals surface area contributed by atoms with Gasteiger partial charge in [-0.05, 0) is 37.8 Å². The number of benzene rings is 1. The van der Waals surface area contributed by atoms with Crippen molar-refractivity contribution in [1.29, 1.82) is 0 Å². The Hall–Kier alpha value is -2.85. The standard InChI is InChI=1S/C22H28F3N3O5/c23-22(24,25)17-6-7-18(19(14-17)28(31)32)26-12-8-16(9-13-26)21(30)33-15-20(29)27-10-4-2-1-3-5-11-27/h6-7,14,16H,1-5,8-13,15H2. The minimum absolute atomic E-state index is 0.0899. The molecule has 2 fully saturated rings. The van der Waals surface area contributed by atoms with Crippen LogP contribution in [0.2, 0.25) is 0 Å². The van der Waals surface area contributed by atoms with Crippen LogP contribution in [0.5, 0.6) is 0 Å². The second-order valence-corrected chi connectivity index (χ2v) is 8.48. The molecule has 2 aliphatic heterocycles. The van der Waals surface area contributed by atoms with Crippen molar-refractivity contribution in [3.05, 3.63) is 33.9 Å². The molecule has 1 amide bonds. The second-order valence-electron chi connectivity index (χ2n) is 8.48. The van der Waals surface area contributed by atoms with Crippen molar-refractivity contribution in [3.8, 4) is 0 Å². The summed E-state index contributed by atoms with van der Waals surface area (Å²) in [6.45, 7) is 1.54. The van der Waals surface area contributed by atoms with Gasteiger partial charge in [-0.3, -0.25) is 19.7 Å². The number of ether oxygens (including phenoxy) is 1. The molecule has 2 heterocycles. The Labute approximate surface area is 189 Å². The second kappa shape index (κ2) is 10.8. The van der Waals surface area contributed by atoms with Crippen LogP contribution in [-0.4, -0.2) is 54.5 Å². The minimum Gasteiger partial charge on any atom is -0.455 e. The first-order valence-electron chi connectivity index (χ1n) is 11.2. The molecule has 0 unspecified atom stereocenters. The highest BCUT2D eigenvalue weighted by molar-refractivity contribution is 5.81. The maximum atomic E-state index is 12.9. The predicted octanol–water partition coefficient (Wildman–Crippen LogP) is 4.17. The monoisotopic (exact) mass is 471 g/mol. The van der Waals surface area contributed by atoms with Crippen LogP contribution in [0.1, 0.15) is 50.5 Å². The van der Waals surface area contributed by atoms with Gasteiger partial charge in [0.2, 0.25) is 0 Å². The maximum absolute atomic E-state index is 12.9. The Kier molecular flexibility index (Phi) is 8.15. The molecule has 33 heavy (non-hydrogen) atoms. The van der Waals surface area contributed by atoms with Gasteiger partial charge in [0, 0.05) is 32.2 Å². The van der Waals surface area contributed by atoms with E-state index in [1.165, 1.54) is 6.42 Å². The number of likely N-dealkylation sites (tertiary alicyclic amines) is 1. The summed E-state index contributed by atoms with van der Waals surface area (Å²) in [6.07, 6.45) is 1.19. The third kappa shape index (κ3) is 6.58. The molecule has 11 heteroatoms. The third-order valence-electron chi connectivity index (χ3n) is 6.22. The molecular weight excluding hydrogens is 443 g/mol. The summed E-state index contributed by atoms with van der Waals surface area (Å²) in [6, 6.07) is 2.45. The lowest BCUT2D eigenvalue weighted by Crippen LogP contribution is -2.40. The molecule has 3 rings (SSSR count). The van der Waals surface area contributed by atoms with Gasteiger partial charge in [0.15, 0.2) is 6.61 Å². The van der Waals surface area contributed by atoms with E-state index >= 15 is 0 Å². The molecule has 0 spiro atoms. The van der Waals surface area contributed by atoms with Crippen LogP contribution >= 0.6 is 0 Å². The summed E-state index contributed by atoms with van der Waals surface area (Å²) < 4.78 is 44.0. The molecule has 0 aliphatic carbocycles. The van der Waals surface area contributed by atoms with Gasteiger partial charge in [0.05, 0.1) is 16.4 Å². The zero-order chi connectivity index (χ0) is 24.0. The molecule has 0 aromatic heterocycles. The van der Waals surface area contributed by atoms with Gasteiger partial charge in [-0.15, -0.1) is 0 Å². The molecule has 0 radical (unpaired) electrons. The molecular formula is C22H28F3N3O5. The molecule has 182 valence electrons. The molecule has 0 N–H and O–H groups in total. The quantitative estimate of drug-likeness (QED) is 0.364. The largest absolute Gasteiger partial charge is 0.455 e. The number of nitro benzene ring substituents is 1. The fraction of sp³-hybridized carbons (Fsp3) is 0.636. The summed E-state index contributed by atoms with van der Waals surface area (Å²) in [7, 11) is 0. The number of amides is 1. The summed E-state index contributed by atoms with van der Waals surface area (Å²) in [5.41, 5.74) is -1.61. The Balaban J connectivity index is 1.53. The number of anilines is 1. The van der Waals surface area contributed by atoms with Crippen LogP contribution in [-0.2, 0) is 20.5 Å². The van der Waals surface area contributed by atoms with E-state index in [-0.39, 0.29) is 31.3 Å². The number of piperidine rings is 1. The highest BCUT2D eigenvalue weighted by Gasteiger charge is 2.35. The fourth-order valence-electron chi connectivity index (χ4n) is 4.31. The van der Waals surface area contributed by atoms with Crippen LogP contribution in [0.4, 0.5) is 24.5 Å². The Morgan fingerprint density at radius 1 is 1.03 bits per heavy atom. The van der Waals surface area contributed by atoms with Crippen molar-refractivity contribution in [3.63, 3.8) is 0 Å². The number of carbonyl (C=O) groups is 2. The number of alkyl halides is 3. The maximum Gasteiger partial charge on any atom is 0.416 e. The number of carbonyl (C=O) groups excluding carboxylic acids is 2. The summed E-state index contributed by atoms with van der Waals surface area (Å²) in [5, 5.41) is 11.3. The zero-order valence-electron chi connectivity index (χ0n) is 18.3. The number of rotatable bonds is 5. The van der Waals surface area contributed by atoms with Gasteiger partial charge in [-0.25, -0.2) is 0 Å².